The van der Waals surface area contributed by atoms with Crippen molar-refractivity contribution in [3.8, 4) is 0 Å². The van der Waals surface area contributed by atoms with E-state index in [1.165, 1.54) is 13.2 Å². The first-order valence-electron chi connectivity index (χ1n) is 6.44. The van der Waals surface area contributed by atoms with Crippen LogP contribution in [0.15, 0.2) is 52.9 Å². The van der Waals surface area contributed by atoms with E-state index in [0.29, 0.717) is 16.7 Å². The highest BCUT2D eigenvalue weighted by atomic mass is 19.3. The average Bonchev–Trinajstić information content (AvgIpc) is 2.93. The maximum absolute atomic E-state index is 14.7. The number of hydrogen-bond acceptors (Lipinski definition) is 3. The second-order valence-corrected chi connectivity index (χ2v) is 4.65. The summed E-state index contributed by atoms with van der Waals surface area (Å²) < 4.78 is 39.6. The van der Waals surface area contributed by atoms with Gasteiger partial charge in [-0.3, -0.25) is 0 Å². The molecule has 3 aromatic rings. The van der Waals surface area contributed by atoms with Crippen molar-refractivity contribution in [2.75, 3.05) is 7.11 Å². The summed E-state index contributed by atoms with van der Waals surface area (Å²) in [6.45, 7) is 0.103. The number of ether oxygens (including phenoxy) is 1. The first-order valence-corrected chi connectivity index (χ1v) is 6.44. The van der Waals surface area contributed by atoms with Crippen molar-refractivity contribution in [2.45, 2.75) is 12.5 Å². The number of rotatable bonds is 4. The fourth-order valence-corrected chi connectivity index (χ4v) is 2.23. The molecule has 3 rings (SSSR count). The van der Waals surface area contributed by atoms with Crippen molar-refractivity contribution >= 4 is 11.1 Å². The molecule has 0 spiro atoms. The van der Waals surface area contributed by atoms with Crippen molar-refractivity contribution < 1.29 is 17.9 Å². The number of halogens is 2. The monoisotopic (exact) mass is 289 g/mol. The van der Waals surface area contributed by atoms with E-state index in [-0.39, 0.29) is 12.2 Å². The number of oxazole rings is 1. The third-order valence-electron chi connectivity index (χ3n) is 3.22. The van der Waals surface area contributed by atoms with Crippen LogP contribution in [0.1, 0.15) is 17.0 Å². The molecular formula is C16H13F2NO2. The number of nitrogens with zero attached hydrogens (tertiary/aromatic N) is 1. The normalized spacial score (nSPS) is 12.0. The van der Waals surface area contributed by atoms with Gasteiger partial charge < -0.3 is 9.15 Å². The summed E-state index contributed by atoms with van der Waals surface area (Å²) in [5, 5.41) is 0. The summed E-state index contributed by atoms with van der Waals surface area (Å²) >= 11 is 0. The largest absolute Gasteiger partial charge is 0.435 e. The predicted molar refractivity (Wildman–Crippen MR) is 74.2 cm³/mol. The summed E-state index contributed by atoms with van der Waals surface area (Å²) in [6.07, 6.45) is 0. The second-order valence-electron chi connectivity index (χ2n) is 4.65. The smallest absolute Gasteiger partial charge is 0.347 e. The Kier molecular flexibility index (Phi) is 3.43. The molecule has 0 aliphatic heterocycles. The van der Waals surface area contributed by atoms with Gasteiger partial charge in [-0.25, -0.2) is 4.98 Å². The fraction of sp³-hybridized carbons (Fsp3) is 0.188. The van der Waals surface area contributed by atoms with Crippen LogP contribution in [0.4, 0.5) is 8.78 Å². The second kappa shape index (κ2) is 5.26. The molecule has 0 aliphatic rings. The van der Waals surface area contributed by atoms with Crippen molar-refractivity contribution in [1.29, 1.82) is 0 Å². The Morgan fingerprint density at radius 1 is 1.10 bits per heavy atom. The zero-order valence-corrected chi connectivity index (χ0v) is 11.3. The molecule has 0 unspecified atom stereocenters. The highest BCUT2D eigenvalue weighted by Gasteiger charge is 2.41. The number of fused-ring (bicyclic) bond motifs is 1. The van der Waals surface area contributed by atoms with E-state index < -0.39 is 11.8 Å². The average molecular weight is 289 g/mol. The topological polar surface area (TPSA) is 35.3 Å². The van der Waals surface area contributed by atoms with Gasteiger partial charge in [0.05, 0.1) is 6.61 Å². The summed E-state index contributed by atoms with van der Waals surface area (Å²) in [4.78, 5) is 3.90. The quantitative estimate of drug-likeness (QED) is 0.725. The van der Waals surface area contributed by atoms with E-state index in [2.05, 4.69) is 4.98 Å². The molecule has 1 aromatic heterocycles. The predicted octanol–water partition coefficient (Wildman–Crippen LogP) is 4.11. The van der Waals surface area contributed by atoms with E-state index >= 15 is 0 Å². The Bertz CT molecular complexity index is 735. The van der Waals surface area contributed by atoms with Crippen LogP contribution in [0.3, 0.4) is 0 Å². The number of hydrogen-bond donors (Lipinski definition) is 0. The minimum Gasteiger partial charge on any atom is -0.435 e. The molecule has 108 valence electrons. The maximum Gasteiger partial charge on any atom is 0.347 e. The molecule has 5 heteroatoms. The van der Waals surface area contributed by atoms with Crippen molar-refractivity contribution in [1.82, 2.24) is 4.98 Å². The lowest BCUT2D eigenvalue weighted by atomic mass is 10.0. The van der Waals surface area contributed by atoms with Crippen molar-refractivity contribution in [3.63, 3.8) is 0 Å². The molecular weight excluding hydrogens is 276 g/mol. The van der Waals surface area contributed by atoms with Gasteiger partial charge in [0.2, 0.25) is 0 Å². The number of aromatic nitrogens is 1. The Morgan fingerprint density at radius 3 is 2.57 bits per heavy atom. The molecule has 0 N–H and O–H groups in total. The number of para-hydroxylation sites is 2. The first kappa shape index (κ1) is 13.7. The molecule has 0 saturated heterocycles. The summed E-state index contributed by atoms with van der Waals surface area (Å²) in [7, 11) is 1.47. The molecule has 0 bridgehead atoms. The highest BCUT2D eigenvalue weighted by molar-refractivity contribution is 5.72. The first-order chi connectivity index (χ1) is 10.1. The lowest BCUT2D eigenvalue weighted by molar-refractivity contribution is 0.0123. The van der Waals surface area contributed by atoms with Crippen LogP contribution in [-0.2, 0) is 17.3 Å². The molecule has 0 atom stereocenters. The molecule has 21 heavy (non-hydrogen) atoms. The highest BCUT2D eigenvalue weighted by Crippen LogP contribution is 2.38. The summed E-state index contributed by atoms with van der Waals surface area (Å²) in [5.41, 5.74) is 1.01. The van der Waals surface area contributed by atoms with Gasteiger partial charge in [0.25, 0.3) is 5.89 Å². The van der Waals surface area contributed by atoms with Crippen LogP contribution in [0.5, 0.6) is 0 Å². The van der Waals surface area contributed by atoms with Gasteiger partial charge in [0, 0.05) is 12.7 Å². The minimum atomic E-state index is -3.31. The standard InChI is InChI=1S/C16H13F2NO2/c1-20-10-11-6-2-3-7-12(11)16(17,18)15-19-13-8-4-5-9-14(13)21-15/h2-9H,10H2,1H3. The molecule has 0 fully saturated rings. The van der Waals surface area contributed by atoms with Crippen molar-refractivity contribution in [3.05, 3.63) is 65.5 Å². The lowest BCUT2D eigenvalue weighted by Gasteiger charge is -2.16. The van der Waals surface area contributed by atoms with Gasteiger partial charge in [-0.1, -0.05) is 36.4 Å². The Balaban J connectivity index is 2.11. The van der Waals surface area contributed by atoms with Gasteiger partial charge in [0.15, 0.2) is 5.58 Å². The molecule has 3 nitrogen and oxygen atoms in total. The molecule has 0 radical (unpaired) electrons. The van der Waals surface area contributed by atoms with Gasteiger partial charge in [-0.2, -0.15) is 8.78 Å². The van der Waals surface area contributed by atoms with Gasteiger partial charge in [-0.05, 0) is 17.7 Å². The fourth-order valence-electron chi connectivity index (χ4n) is 2.23. The molecule has 0 aliphatic carbocycles. The van der Waals surface area contributed by atoms with Crippen molar-refractivity contribution in [2.24, 2.45) is 0 Å². The number of benzene rings is 2. The van der Waals surface area contributed by atoms with E-state index in [0.717, 1.165) is 0 Å². The van der Waals surface area contributed by atoms with Crippen LogP contribution in [-0.4, -0.2) is 12.1 Å². The molecule has 0 saturated carbocycles. The number of methoxy groups -OCH3 is 1. The van der Waals surface area contributed by atoms with Crippen LogP contribution in [0.2, 0.25) is 0 Å². The van der Waals surface area contributed by atoms with Gasteiger partial charge in [0.1, 0.15) is 5.52 Å². The Hall–Kier alpha value is -2.27. The zero-order valence-electron chi connectivity index (χ0n) is 11.3. The Labute approximate surface area is 120 Å². The molecule has 0 amide bonds. The maximum atomic E-state index is 14.7. The third-order valence-corrected chi connectivity index (χ3v) is 3.22. The zero-order chi connectivity index (χ0) is 14.9. The van der Waals surface area contributed by atoms with E-state index in [4.69, 9.17) is 9.15 Å². The van der Waals surface area contributed by atoms with Crippen LogP contribution in [0, 0.1) is 0 Å². The van der Waals surface area contributed by atoms with Gasteiger partial charge >= 0.3 is 5.92 Å². The third kappa shape index (κ3) is 2.40. The van der Waals surface area contributed by atoms with Crippen LogP contribution >= 0.6 is 0 Å². The lowest BCUT2D eigenvalue weighted by Crippen LogP contribution is -2.18. The van der Waals surface area contributed by atoms with E-state index in [9.17, 15) is 8.78 Å². The molecule has 2 aromatic carbocycles. The van der Waals surface area contributed by atoms with Gasteiger partial charge in [-0.15, -0.1) is 0 Å². The summed E-state index contributed by atoms with van der Waals surface area (Å²) in [6, 6.07) is 12.9. The Morgan fingerprint density at radius 2 is 1.81 bits per heavy atom. The SMILES string of the molecule is COCc1ccccc1C(F)(F)c1nc2ccccc2o1. The minimum absolute atomic E-state index is 0.103. The van der Waals surface area contributed by atoms with Crippen LogP contribution < -0.4 is 0 Å². The number of alkyl halides is 2. The van der Waals surface area contributed by atoms with E-state index in [1.807, 2.05) is 0 Å². The summed E-state index contributed by atoms with van der Waals surface area (Å²) in [5.74, 6) is -3.92. The van der Waals surface area contributed by atoms with Crippen LogP contribution in [0.25, 0.3) is 11.1 Å². The molecule has 1 heterocycles. The van der Waals surface area contributed by atoms with E-state index in [1.54, 1.807) is 42.5 Å².